The first-order chi connectivity index (χ1) is 15.0. The molecular formula is C27H36N2O2. The van der Waals surface area contributed by atoms with Crippen molar-refractivity contribution in [2.45, 2.75) is 71.4 Å². The summed E-state index contributed by atoms with van der Waals surface area (Å²) >= 11 is 0. The fourth-order valence-corrected chi connectivity index (χ4v) is 4.76. The zero-order valence-electron chi connectivity index (χ0n) is 19.2. The molecule has 0 saturated carbocycles. The number of ether oxygens (including phenoxy) is 1. The van der Waals surface area contributed by atoms with Crippen LogP contribution in [-0.4, -0.2) is 25.1 Å². The lowest BCUT2D eigenvalue weighted by Gasteiger charge is -2.32. The van der Waals surface area contributed by atoms with Gasteiger partial charge in [-0.15, -0.1) is 0 Å². The number of amides is 1. The van der Waals surface area contributed by atoms with E-state index >= 15 is 0 Å². The van der Waals surface area contributed by atoms with Crippen molar-refractivity contribution >= 4 is 11.6 Å². The van der Waals surface area contributed by atoms with Crippen molar-refractivity contribution in [3.05, 3.63) is 59.2 Å². The number of anilines is 1. The second-order valence-electron chi connectivity index (χ2n) is 9.35. The zero-order chi connectivity index (χ0) is 21.8. The van der Waals surface area contributed by atoms with Crippen molar-refractivity contribution in [2.75, 3.05) is 18.0 Å². The molecule has 4 nitrogen and oxygen atoms in total. The Hall–Kier alpha value is -2.49. The van der Waals surface area contributed by atoms with Crippen molar-refractivity contribution in [3.63, 3.8) is 0 Å². The van der Waals surface area contributed by atoms with Crippen molar-refractivity contribution in [3.8, 4) is 5.75 Å². The monoisotopic (exact) mass is 420 g/mol. The zero-order valence-corrected chi connectivity index (χ0v) is 19.2. The minimum Gasteiger partial charge on any atom is -0.481 e. The number of fused-ring (bicyclic) bond motifs is 1. The fraction of sp³-hybridized carbons (Fsp3) is 0.519. The van der Waals surface area contributed by atoms with Crippen molar-refractivity contribution < 1.29 is 9.53 Å². The van der Waals surface area contributed by atoms with Crippen LogP contribution < -0.4 is 15.0 Å². The number of aryl methyl sites for hydroxylation is 1. The summed E-state index contributed by atoms with van der Waals surface area (Å²) in [5.41, 5.74) is 5.05. The smallest absolute Gasteiger partial charge is 0.261 e. The summed E-state index contributed by atoms with van der Waals surface area (Å²) in [5.74, 6) is 1.62. The van der Waals surface area contributed by atoms with Crippen LogP contribution in [0.4, 0.5) is 5.69 Å². The molecule has 1 fully saturated rings. The Morgan fingerprint density at radius 2 is 1.74 bits per heavy atom. The number of carbonyl (C=O) groups is 1. The molecule has 2 atom stereocenters. The van der Waals surface area contributed by atoms with E-state index in [1.807, 2.05) is 26.0 Å². The van der Waals surface area contributed by atoms with Gasteiger partial charge in [0.15, 0.2) is 6.10 Å². The first-order valence-corrected chi connectivity index (χ1v) is 11.9. The van der Waals surface area contributed by atoms with Gasteiger partial charge in [-0.1, -0.05) is 31.2 Å². The van der Waals surface area contributed by atoms with E-state index in [2.05, 4.69) is 47.5 Å². The van der Waals surface area contributed by atoms with Crippen LogP contribution >= 0.6 is 0 Å². The van der Waals surface area contributed by atoms with Gasteiger partial charge in [0.25, 0.3) is 5.91 Å². The van der Waals surface area contributed by atoms with E-state index in [1.165, 1.54) is 42.5 Å². The van der Waals surface area contributed by atoms with Gasteiger partial charge in [-0.2, -0.15) is 0 Å². The molecule has 0 aromatic heterocycles. The largest absolute Gasteiger partial charge is 0.481 e. The molecule has 1 saturated heterocycles. The minimum absolute atomic E-state index is 0.0568. The Balaban J connectivity index is 1.34. The molecule has 1 N–H and O–H groups in total. The highest BCUT2D eigenvalue weighted by Crippen LogP contribution is 2.30. The second-order valence-corrected chi connectivity index (χ2v) is 9.35. The molecular weight excluding hydrogens is 384 g/mol. The van der Waals surface area contributed by atoms with Gasteiger partial charge < -0.3 is 15.0 Å². The molecule has 0 spiro atoms. The van der Waals surface area contributed by atoms with E-state index in [0.29, 0.717) is 0 Å². The number of hydrogen-bond donors (Lipinski definition) is 1. The van der Waals surface area contributed by atoms with E-state index in [1.54, 1.807) is 0 Å². The van der Waals surface area contributed by atoms with Crippen molar-refractivity contribution in [1.82, 2.24) is 5.32 Å². The predicted octanol–water partition coefficient (Wildman–Crippen LogP) is 5.45. The summed E-state index contributed by atoms with van der Waals surface area (Å²) in [6.45, 7) is 8.47. The quantitative estimate of drug-likeness (QED) is 0.676. The molecule has 0 unspecified atom stereocenters. The van der Waals surface area contributed by atoms with Gasteiger partial charge in [0.05, 0.1) is 6.04 Å². The van der Waals surface area contributed by atoms with E-state index in [0.717, 1.165) is 43.2 Å². The van der Waals surface area contributed by atoms with E-state index in [9.17, 15) is 4.79 Å². The summed E-state index contributed by atoms with van der Waals surface area (Å²) < 4.78 is 6.10. The molecule has 1 aliphatic heterocycles. The first kappa shape index (κ1) is 21.7. The third-order valence-electron chi connectivity index (χ3n) is 6.93. The molecule has 31 heavy (non-hydrogen) atoms. The Labute approximate surface area is 187 Å². The highest BCUT2D eigenvalue weighted by molar-refractivity contribution is 5.81. The topological polar surface area (TPSA) is 41.6 Å². The third-order valence-corrected chi connectivity index (χ3v) is 6.93. The van der Waals surface area contributed by atoms with Gasteiger partial charge in [-0.05, 0) is 93.2 Å². The summed E-state index contributed by atoms with van der Waals surface area (Å²) in [5, 5.41) is 3.12. The predicted molar refractivity (Wildman–Crippen MR) is 127 cm³/mol. The van der Waals surface area contributed by atoms with Crippen LogP contribution in [0.3, 0.4) is 0 Å². The van der Waals surface area contributed by atoms with Crippen LogP contribution in [0, 0.1) is 5.92 Å². The molecule has 4 rings (SSSR count). The lowest BCUT2D eigenvalue weighted by molar-refractivity contribution is -0.127. The number of piperidine rings is 1. The van der Waals surface area contributed by atoms with Gasteiger partial charge in [-0.3, -0.25) is 4.79 Å². The maximum atomic E-state index is 12.8. The normalized spacial score (nSPS) is 18.7. The molecule has 2 aromatic carbocycles. The Bertz CT molecular complexity index is 885. The van der Waals surface area contributed by atoms with E-state index in [-0.39, 0.29) is 11.9 Å². The van der Waals surface area contributed by atoms with Crippen LogP contribution in [0.15, 0.2) is 42.5 Å². The number of nitrogens with zero attached hydrogens (tertiary/aromatic N) is 1. The molecule has 1 heterocycles. The van der Waals surface area contributed by atoms with Crippen LogP contribution in [0.25, 0.3) is 0 Å². The standard InChI is InChI=1S/C27H36N2O2/c1-19-15-17-29(18-16-19)24-13-11-22(12-14-24)20(2)28-27(30)21(3)31-26-10-6-8-23-7-4-5-9-25(23)26/h6,8,10-14,19-21H,4-5,7,9,15-18H2,1-3H3,(H,28,30)/t20-,21+/m1/s1. The second kappa shape index (κ2) is 9.76. The molecule has 2 aromatic rings. The van der Waals surface area contributed by atoms with Crippen LogP contribution in [0.1, 0.15) is 69.2 Å². The molecule has 1 amide bonds. The average Bonchev–Trinajstić information content (AvgIpc) is 2.80. The Morgan fingerprint density at radius 1 is 1.03 bits per heavy atom. The van der Waals surface area contributed by atoms with Crippen LogP contribution in [0.5, 0.6) is 5.75 Å². The molecule has 4 heteroatoms. The highest BCUT2D eigenvalue weighted by atomic mass is 16.5. The van der Waals surface area contributed by atoms with Gasteiger partial charge in [-0.25, -0.2) is 0 Å². The number of nitrogens with one attached hydrogen (secondary N) is 1. The maximum absolute atomic E-state index is 12.8. The minimum atomic E-state index is -0.523. The van der Waals surface area contributed by atoms with E-state index < -0.39 is 6.10 Å². The van der Waals surface area contributed by atoms with Crippen molar-refractivity contribution in [2.24, 2.45) is 5.92 Å². The van der Waals surface area contributed by atoms with E-state index in [4.69, 9.17) is 4.74 Å². The molecule has 1 aliphatic carbocycles. The third kappa shape index (κ3) is 5.23. The first-order valence-electron chi connectivity index (χ1n) is 11.9. The van der Waals surface area contributed by atoms with Gasteiger partial charge in [0.1, 0.15) is 5.75 Å². The average molecular weight is 421 g/mol. The van der Waals surface area contributed by atoms with Crippen LogP contribution in [-0.2, 0) is 17.6 Å². The van der Waals surface area contributed by atoms with Gasteiger partial charge in [0, 0.05) is 18.8 Å². The highest BCUT2D eigenvalue weighted by Gasteiger charge is 2.21. The summed E-state index contributed by atoms with van der Waals surface area (Å²) in [7, 11) is 0. The number of carbonyl (C=O) groups excluding carboxylic acids is 1. The summed E-state index contributed by atoms with van der Waals surface area (Å²) in [6.07, 6.45) is 6.57. The fourth-order valence-electron chi connectivity index (χ4n) is 4.76. The summed E-state index contributed by atoms with van der Waals surface area (Å²) in [4.78, 5) is 15.3. The van der Waals surface area contributed by atoms with Gasteiger partial charge >= 0.3 is 0 Å². The molecule has 2 aliphatic rings. The summed E-state index contributed by atoms with van der Waals surface area (Å²) in [6, 6.07) is 14.8. The SMILES string of the molecule is CC1CCN(c2ccc([C@@H](C)NC(=O)[C@H](C)Oc3cccc4c3CCCC4)cc2)CC1. The number of hydrogen-bond acceptors (Lipinski definition) is 3. The number of benzene rings is 2. The van der Waals surface area contributed by atoms with Gasteiger partial charge in [0.2, 0.25) is 0 Å². The number of rotatable bonds is 6. The maximum Gasteiger partial charge on any atom is 0.261 e. The Morgan fingerprint density at radius 3 is 2.48 bits per heavy atom. The lowest BCUT2D eigenvalue weighted by atomic mass is 9.91. The van der Waals surface area contributed by atoms with Crippen molar-refractivity contribution in [1.29, 1.82) is 0 Å². The molecule has 0 bridgehead atoms. The Kier molecular flexibility index (Phi) is 6.84. The molecule has 166 valence electrons. The lowest BCUT2D eigenvalue weighted by Crippen LogP contribution is -2.38. The van der Waals surface area contributed by atoms with Crippen LogP contribution in [0.2, 0.25) is 0 Å². The molecule has 0 radical (unpaired) electrons.